The van der Waals surface area contributed by atoms with Gasteiger partial charge in [0.15, 0.2) is 5.96 Å². The van der Waals surface area contributed by atoms with Crippen LogP contribution < -0.4 is 38.1 Å². The van der Waals surface area contributed by atoms with Gasteiger partial charge in [0.1, 0.15) is 6.04 Å². The fourth-order valence-electron chi connectivity index (χ4n) is 4.55. The van der Waals surface area contributed by atoms with Crippen molar-refractivity contribution >= 4 is 49.1 Å². The summed E-state index contributed by atoms with van der Waals surface area (Å²) in [4.78, 5) is 77.9. The predicted molar refractivity (Wildman–Crippen MR) is 233 cm³/mol. The maximum atomic E-state index is 12.5. The summed E-state index contributed by atoms with van der Waals surface area (Å²) >= 11 is 0. The van der Waals surface area contributed by atoms with E-state index in [9.17, 15) is 28.8 Å². The molecule has 18 heteroatoms. The Hall–Kier alpha value is -4.71. The van der Waals surface area contributed by atoms with Gasteiger partial charge >= 0.3 is 7.69 Å². The van der Waals surface area contributed by atoms with Crippen LogP contribution in [0.4, 0.5) is 0 Å². The van der Waals surface area contributed by atoms with Crippen LogP contribution in [-0.2, 0) is 30.5 Å². The van der Waals surface area contributed by atoms with Gasteiger partial charge in [0, 0.05) is 64.1 Å². The first-order valence-electron chi connectivity index (χ1n) is 20.8. The lowest BCUT2D eigenvalue weighted by Gasteiger charge is -2.21. The number of nitrogens with one attached hydrogen (secondary N) is 5. The van der Waals surface area contributed by atoms with Crippen LogP contribution in [0.15, 0.2) is 29.3 Å². The first-order chi connectivity index (χ1) is 27.9. The van der Waals surface area contributed by atoms with Crippen molar-refractivity contribution in [1.29, 1.82) is 0 Å². The molecule has 1 aliphatic heterocycles. The molecule has 11 N–H and O–H groups in total. The number of hydrogen-bond acceptors (Lipinski definition) is 9. The molecule has 1 unspecified atom stereocenters. The van der Waals surface area contributed by atoms with E-state index in [4.69, 9.17) is 21.5 Å². The zero-order valence-corrected chi connectivity index (χ0v) is 36.9. The van der Waals surface area contributed by atoms with Gasteiger partial charge < -0.3 is 53.0 Å². The highest BCUT2D eigenvalue weighted by Gasteiger charge is 2.24. The van der Waals surface area contributed by atoms with Gasteiger partial charge in [0.05, 0.1) is 6.54 Å². The third-order valence-electron chi connectivity index (χ3n) is 7.39. The normalized spacial score (nSPS) is 11.1. The molecule has 0 saturated carbocycles. The number of unbranched alkanes of at least 4 members (excludes halogenated alkanes) is 2. The van der Waals surface area contributed by atoms with Crippen LogP contribution in [0.2, 0.25) is 0 Å². The molecule has 1 saturated heterocycles. The second kappa shape index (κ2) is 43.4. The minimum absolute atomic E-state index is 0. The van der Waals surface area contributed by atoms with E-state index in [-0.39, 0.29) is 68.5 Å². The number of benzene rings is 1. The molecule has 0 aliphatic carbocycles. The lowest BCUT2D eigenvalue weighted by Crippen LogP contribution is -2.45. The van der Waals surface area contributed by atoms with Crippen molar-refractivity contribution in [3.8, 4) is 0 Å². The summed E-state index contributed by atoms with van der Waals surface area (Å²) in [6, 6.07) is 6.27. The first kappa shape index (κ1) is 60.0. The average molecular weight is 823 g/mol. The Morgan fingerprint density at radius 2 is 1.22 bits per heavy atom. The third-order valence-corrected chi connectivity index (χ3v) is 7.39. The molecule has 333 valence electrons. The molecule has 0 spiro atoms. The summed E-state index contributed by atoms with van der Waals surface area (Å²) in [5.41, 5.74) is 11.3. The van der Waals surface area contributed by atoms with Gasteiger partial charge in [-0.25, -0.2) is 0 Å². The van der Waals surface area contributed by atoms with Crippen LogP contribution in [-0.4, -0.2) is 109 Å². The number of carbonyl (C=O) groups excluding carboxylic acids is 6. The summed E-state index contributed by atoms with van der Waals surface area (Å²) in [6.45, 7) is 21.1. The van der Waals surface area contributed by atoms with Crippen LogP contribution in [0.3, 0.4) is 0 Å². The fraction of sp³-hybridized carbons (Fsp3) is 0.675. The minimum Gasteiger partial charge on any atom is -0.429 e. The number of likely N-dealkylation sites (tertiary alicyclic amines) is 1. The topological polar surface area (TPSA) is 271 Å². The summed E-state index contributed by atoms with van der Waals surface area (Å²) in [5, 5.41) is 27.5. The van der Waals surface area contributed by atoms with Crippen molar-refractivity contribution < 1.29 is 38.8 Å². The molecule has 0 bridgehead atoms. The molecule has 1 aromatic carbocycles. The molecule has 1 atom stereocenters. The molecule has 1 radical (unpaired) electrons. The van der Waals surface area contributed by atoms with Crippen LogP contribution in [0.5, 0.6) is 0 Å². The lowest BCUT2D eigenvalue weighted by atomic mass is 10.1. The van der Waals surface area contributed by atoms with Crippen molar-refractivity contribution in [2.75, 3.05) is 39.3 Å². The Morgan fingerprint density at radius 1 is 0.724 bits per heavy atom. The number of aliphatic imine (C=N–C) groups is 1. The molecule has 6 amide bonds. The highest BCUT2D eigenvalue weighted by atomic mass is 16.4. The van der Waals surface area contributed by atoms with Gasteiger partial charge in [0.2, 0.25) is 29.5 Å². The number of guanidine groups is 1. The number of nitrogens with zero attached hydrogens (tertiary/aromatic N) is 2. The Morgan fingerprint density at radius 3 is 1.72 bits per heavy atom. The fourth-order valence-corrected chi connectivity index (χ4v) is 4.55. The Kier molecular flexibility index (Phi) is 44.9. The molecule has 1 heterocycles. The number of amides is 6. The van der Waals surface area contributed by atoms with Crippen molar-refractivity contribution in [1.82, 2.24) is 31.5 Å². The van der Waals surface area contributed by atoms with E-state index in [0.29, 0.717) is 44.5 Å². The Labute approximate surface area is 349 Å². The van der Waals surface area contributed by atoms with E-state index in [1.54, 1.807) is 36.1 Å². The standard InChI is InChI=1S/C30H46N6O6.C4H11N3.3C2H6.BH2O2/c1-3-4-16-31-26(38)14-15-27(39)34-21-28(40)32-17-6-5-9-25(37)33-20-23-10-12-24(13-11-23)29(41)35-22(2)30(42)36-18-7-8-19-36;1-2-3-7-4(5)6;3*1-2;2-1-3/h10-13,22H,3-9,14-21H2,1-2H3,(H,31,38)(H,32,40)(H,33,37)(H,34,39)(H,35,41);2-3H2,1H3,(H4,5,6,7);3*1-2H3;2-3H. The SMILES string of the molecule is CC.CC.CC.CCCCNC(=O)CCC(=O)NCC(=O)NCCCCC(=O)NCc1ccc(C(=O)NC(C)C(=O)N2CCCC2)cc1.CCCN=C(N)N.O[B]O. The maximum Gasteiger partial charge on any atom is 0.482 e. The quantitative estimate of drug-likeness (QED) is 0.0401. The van der Waals surface area contributed by atoms with Gasteiger partial charge in [-0.15, -0.1) is 0 Å². The van der Waals surface area contributed by atoms with Crippen LogP contribution >= 0.6 is 0 Å². The van der Waals surface area contributed by atoms with Gasteiger partial charge in [-0.3, -0.25) is 33.8 Å². The predicted octanol–water partition coefficient (Wildman–Crippen LogP) is 2.40. The van der Waals surface area contributed by atoms with Gasteiger partial charge in [-0.1, -0.05) is 73.9 Å². The van der Waals surface area contributed by atoms with E-state index in [0.717, 1.165) is 57.3 Å². The van der Waals surface area contributed by atoms with Gasteiger partial charge in [-0.2, -0.15) is 0 Å². The van der Waals surface area contributed by atoms with E-state index in [2.05, 4.69) is 31.6 Å². The number of hydrogen-bond donors (Lipinski definition) is 9. The maximum absolute atomic E-state index is 12.5. The molecule has 1 aromatic rings. The molecule has 0 aromatic heterocycles. The third kappa shape index (κ3) is 35.7. The summed E-state index contributed by atoms with van der Waals surface area (Å²) in [7, 11) is 0. The molecule has 17 nitrogen and oxygen atoms in total. The minimum atomic E-state index is -0.588. The highest BCUT2D eigenvalue weighted by molar-refractivity contribution is 6.13. The van der Waals surface area contributed by atoms with Crippen molar-refractivity contribution in [3.05, 3.63) is 35.4 Å². The molecular weight excluding hydrogens is 745 g/mol. The first-order valence-corrected chi connectivity index (χ1v) is 20.8. The highest BCUT2D eigenvalue weighted by Crippen LogP contribution is 2.10. The van der Waals surface area contributed by atoms with Crippen molar-refractivity contribution in [2.24, 2.45) is 16.5 Å². The zero-order valence-electron chi connectivity index (χ0n) is 36.9. The Bertz CT molecular complexity index is 1250. The second-order valence-electron chi connectivity index (χ2n) is 11.9. The number of carbonyl (C=O) groups is 6. The van der Waals surface area contributed by atoms with E-state index >= 15 is 0 Å². The van der Waals surface area contributed by atoms with E-state index < -0.39 is 6.04 Å². The monoisotopic (exact) mass is 823 g/mol. The Balaban J connectivity index is -0.000000782. The lowest BCUT2D eigenvalue weighted by molar-refractivity contribution is -0.131. The van der Waals surface area contributed by atoms with Crippen LogP contribution in [0.1, 0.15) is 142 Å². The molecule has 1 aliphatic rings. The summed E-state index contributed by atoms with van der Waals surface area (Å²) < 4.78 is 0. The number of nitrogens with two attached hydrogens (primary N) is 2. The van der Waals surface area contributed by atoms with E-state index in [1.807, 2.05) is 55.4 Å². The van der Waals surface area contributed by atoms with Crippen molar-refractivity contribution in [2.45, 2.75) is 139 Å². The zero-order chi connectivity index (χ0) is 45.1. The largest absolute Gasteiger partial charge is 0.482 e. The summed E-state index contributed by atoms with van der Waals surface area (Å²) in [5.74, 6) is -1.19. The molecular formula is C40H77BN9O8. The van der Waals surface area contributed by atoms with Crippen molar-refractivity contribution in [3.63, 3.8) is 0 Å². The van der Waals surface area contributed by atoms with Crippen LogP contribution in [0.25, 0.3) is 0 Å². The van der Waals surface area contributed by atoms with Crippen LogP contribution in [0, 0.1) is 0 Å². The molecule has 58 heavy (non-hydrogen) atoms. The average Bonchev–Trinajstić information content (AvgIpc) is 3.78. The van der Waals surface area contributed by atoms with E-state index in [1.165, 1.54) is 0 Å². The number of rotatable bonds is 20. The smallest absolute Gasteiger partial charge is 0.429 e. The van der Waals surface area contributed by atoms with Gasteiger partial charge in [-0.05, 0) is 63.1 Å². The molecule has 1 fully saturated rings. The molecule has 2 rings (SSSR count). The second-order valence-corrected chi connectivity index (χ2v) is 11.9. The summed E-state index contributed by atoms with van der Waals surface area (Å²) in [6.07, 6.45) is 6.46. The van der Waals surface area contributed by atoms with Gasteiger partial charge in [0.25, 0.3) is 5.91 Å².